The Kier molecular flexibility index (Phi) is 4.92. The molecule has 2 aliphatic heterocycles. The fraction of sp³-hybridized carbons (Fsp3) is 0.474. The number of allylic oxidation sites excluding steroid dienone is 1. The Morgan fingerprint density at radius 3 is 2.27 bits per heavy atom. The van der Waals surface area contributed by atoms with Crippen LogP contribution in [0.5, 0.6) is 0 Å². The average Bonchev–Trinajstić information content (AvgIpc) is 2.57. The van der Waals surface area contributed by atoms with E-state index in [1.807, 2.05) is 45.0 Å². The number of benzene rings is 1. The molecule has 1 aromatic carbocycles. The predicted octanol–water partition coefficient (Wildman–Crippen LogP) is 2.65. The van der Waals surface area contributed by atoms with Crippen LogP contribution in [0, 0.1) is 6.92 Å². The highest BCUT2D eigenvalue weighted by Gasteiger charge is 2.36. The van der Waals surface area contributed by atoms with E-state index in [-0.39, 0.29) is 23.7 Å². The molecule has 1 amide bonds. The topological polar surface area (TPSA) is 70.0 Å². The molecule has 0 unspecified atom stereocenters. The number of carbonyl (C=O) groups is 1. The summed E-state index contributed by atoms with van der Waals surface area (Å²) in [5, 5.41) is 0. The number of piperidine rings is 1. The fourth-order valence-corrected chi connectivity index (χ4v) is 4.48. The van der Waals surface area contributed by atoms with Crippen LogP contribution in [-0.2, 0) is 15.0 Å². The van der Waals surface area contributed by atoms with Crippen molar-refractivity contribution in [2.45, 2.75) is 52.1 Å². The quantitative estimate of drug-likeness (QED) is 0.798. The molecule has 0 spiro atoms. The van der Waals surface area contributed by atoms with Gasteiger partial charge in [-0.2, -0.15) is 8.42 Å². The molecule has 0 bridgehead atoms. The van der Waals surface area contributed by atoms with Crippen LogP contribution in [-0.4, -0.2) is 48.4 Å². The van der Waals surface area contributed by atoms with Crippen LogP contribution >= 0.6 is 0 Å². The SMILES string of the molecule is Cc1ccc(C2=NS(=O)(=O)N(C)C(C(=O)N3[C@H](C)CCC[C@@H]3C)=C2)cc1. The van der Waals surface area contributed by atoms with Gasteiger partial charge >= 0.3 is 10.2 Å². The maximum atomic E-state index is 13.2. The number of aryl methyl sites for hydroxylation is 1. The number of hydrogen-bond donors (Lipinski definition) is 0. The van der Waals surface area contributed by atoms with Gasteiger partial charge in [-0.05, 0) is 46.1 Å². The van der Waals surface area contributed by atoms with Gasteiger partial charge in [-0.15, -0.1) is 4.40 Å². The lowest BCUT2D eigenvalue weighted by Gasteiger charge is -2.40. The number of nitrogens with zero attached hydrogens (tertiary/aromatic N) is 3. The van der Waals surface area contributed by atoms with E-state index in [4.69, 9.17) is 0 Å². The summed E-state index contributed by atoms with van der Waals surface area (Å²) in [6, 6.07) is 7.61. The summed E-state index contributed by atoms with van der Waals surface area (Å²) in [5.41, 5.74) is 2.19. The van der Waals surface area contributed by atoms with Gasteiger partial charge < -0.3 is 4.90 Å². The lowest BCUT2D eigenvalue weighted by molar-refractivity contribution is -0.134. The zero-order valence-corrected chi connectivity index (χ0v) is 16.5. The van der Waals surface area contributed by atoms with Crippen molar-refractivity contribution in [1.29, 1.82) is 0 Å². The van der Waals surface area contributed by atoms with E-state index >= 15 is 0 Å². The van der Waals surface area contributed by atoms with Gasteiger partial charge in [-0.25, -0.2) is 4.31 Å². The van der Waals surface area contributed by atoms with Gasteiger partial charge in [-0.1, -0.05) is 29.8 Å². The van der Waals surface area contributed by atoms with Gasteiger partial charge in [0.05, 0.1) is 5.71 Å². The summed E-state index contributed by atoms with van der Waals surface area (Å²) in [6.45, 7) is 5.99. The average molecular weight is 375 g/mol. The van der Waals surface area contributed by atoms with E-state index in [2.05, 4.69) is 4.40 Å². The molecule has 3 rings (SSSR count). The number of hydrogen-bond acceptors (Lipinski definition) is 3. The van der Waals surface area contributed by atoms with Crippen LogP contribution in [0.2, 0.25) is 0 Å². The first-order chi connectivity index (χ1) is 12.2. The molecule has 0 N–H and O–H groups in total. The summed E-state index contributed by atoms with van der Waals surface area (Å²) in [6.07, 6.45) is 4.52. The predicted molar refractivity (Wildman–Crippen MR) is 102 cm³/mol. The molecule has 0 aromatic heterocycles. The number of likely N-dealkylation sites (tertiary alicyclic amines) is 1. The fourth-order valence-electron chi connectivity index (χ4n) is 3.57. The van der Waals surface area contributed by atoms with Gasteiger partial charge in [0.2, 0.25) is 0 Å². The zero-order valence-electron chi connectivity index (χ0n) is 15.6. The molecule has 7 heteroatoms. The third kappa shape index (κ3) is 3.40. The molecule has 2 atom stereocenters. The molecule has 0 aliphatic carbocycles. The third-order valence-electron chi connectivity index (χ3n) is 5.17. The van der Waals surface area contributed by atoms with Crippen molar-refractivity contribution in [2.24, 2.45) is 4.40 Å². The number of carbonyl (C=O) groups excluding carboxylic acids is 1. The normalized spacial score (nSPS) is 25.5. The van der Waals surface area contributed by atoms with Gasteiger partial charge in [0.15, 0.2) is 0 Å². The van der Waals surface area contributed by atoms with E-state index < -0.39 is 10.2 Å². The number of amides is 1. The van der Waals surface area contributed by atoms with E-state index in [1.54, 1.807) is 11.0 Å². The summed E-state index contributed by atoms with van der Waals surface area (Å²) >= 11 is 0. The van der Waals surface area contributed by atoms with Crippen molar-refractivity contribution in [3.63, 3.8) is 0 Å². The monoisotopic (exact) mass is 375 g/mol. The van der Waals surface area contributed by atoms with Crippen LogP contribution in [0.1, 0.15) is 44.2 Å². The minimum absolute atomic E-state index is 0.0879. The largest absolute Gasteiger partial charge is 0.345 e. The molecule has 26 heavy (non-hydrogen) atoms. The van der Waals surface area contributed by atoms with Gasteiger partial charge in [-0.3, -0.25) is 4.79 Å². The van der Waals surface area contributed by atoms with Crippen LogP contribution in [0.25, 0.3) is 0 Å². The van der Waals surface area contributed by atoms with Crippen LogP contribution < -0.4 is 0 Å². The van der Waals surface area contributed by atoms with E-state index in [1.165, 1.54) is 7.05 Å². The van der Waals surface area contributed by atoms with E-state index in [0.29, 0.717) is 11.3 Å². The third-order valence-corrected chi connectivity index (χ3v) is 6.48. The van der Waals surface area contributed by atoms with Crippen LogP contribution in [0.15, 0.2) is 40.4 Å². The highest BCUT2D eigenvalue weighted by atomic mass is 32.2. The minimum atomic E-state index is -3.93. The zero-order chi connectivity index (χ0) is 19.1. The molecule has 2 heterocycles. The van der Waals surface area contributed by atoms with Gasteiger partial charge in [0.1, 0.15) is 5.70 Å². The summed E-state index contributed by atoms with van der Waals surface area (Å²) in [7, 11) is -2.55. The van der Waals surface area contributed by atoms with Crippen molar-refractivity contribution in [3.8, 4) is 0 Å². The molecular formula is C19H25N3O3S. The molecule has 6 nitrogen and oxygen atoms in total. The second-order valence-electron chi connectivity index (χ2n) is 7.16. The molecule has 2 aliphatic rings. The van der Waals surface area contributed by atoms with Crippen LogP contribution in [0.4, 0.5) is 0 Å². The molecule has 1 fully saturated rings. The number of likely N-dealkylation sites (N-methyl/N-ethyl adjacent to an activating group) is 1. The first-order valence-electron chi connectivity index (χ1n) is 8.91. The second kappa shape index (κ2) is 6.87. The number of rotatable bonds is 2. The maximum absolute atomic E-state index is 13.2. The minimum Gasteiger partial charge on any atom is -0.332 e. The van der Waals surface area contributed by atoms with Crippen molar-refractivity contribution in [2.75, 3.05) is 7.05 Å². The Balaban J connectivity index is 2.03. The highest BCUT2D eigenvalue weighted by molar-refractivity contribution is 7.88. The molecule has 0 radical (unpaired) electrons. The van der Waals surface area contributed by atoms with E-state index in [0.717, 1.165) is 29.1 Å². The first kappa shape index (κ1) is 18.6. The van der Waals surface area contributed by atoms with Crippen molar-refractivity contribution in [3.05, 3.63) is 47.2 Å². The molecular weight excluding hydrogens is 350 g/mol. The standard InChI is InChI=1S/C19H25N3O3S/c1-13-8-10-16(11-9-13)17-12-18(21(4)26(24,25)20-17)19(23)22-14(2)6-5-7-15(22)3/h8-12,14-15H,5-7H2,1-4H3/t14-,15+. The van der Waals surface area contributed by atoms with Crippen molar-refractivity contribution in [1.82, 2.24) is 9.21 Å². The molecule has 1 saturated heterocycles. The Morgan fingerprint density at radius 1 is 1.12 bits per heavy atom. The first-order valence-corrected chi connectivity index (χ1v) is 10.3. The molecule has 0 saturated carbocycles. The smallest absolute Gasteiger partial charge is 0.332 e. The Labute approximate surface area is 155 Å². The summed E-state index contributed by atoms with van der Waals surface area (Å²) < 4.78 is 29.9. The van der Waals surface area contributed by atoms with Crippen molar-refractivity contribution < 1.29 is 13.2 Å². The lowest BCUT2D eigenvalue weighted by atomic mass is 9.97. The highest BCUT2D eigenvalue weighted by Crippen LogP contribution is 2.28. The van der Waals surface area contributed by atoms with E-state index in [9.17, 15) is 13.2 Å². The maximum Gasteiger partial charge on any atom is 0.345 e. The molecule has 140 valence electrons. The van der Waals surface area contributed by atoms with Gasteiger partial charge in [0.25, 0.3) is 5.91 Å². The Bertz CT molecular complexity index is 862. The van der Waals surface area contributed by atoms with Crippen LogP contribution in [0.3, 0.4) is 0 Å². The Morgan fingerprint density at radius 2 is 1.69 bits per heavy atom. The van der Waals surface area contributed by atoms with Crippen molar-refractivity contribution >= 4 is 21.8 Å². The molecule has 1 aromatic rings. The Hall–Kier alpha value is -2.15. The van der Waals surface area contributed by atoms with Gasteiger partial charge in [0, 0.05) is 24.7 Å². The lowest BCUT2D eigenvalue weighted by Crippen LogP contribution is -2.50. The summed E-state index contributed by atoms with van der Waals surface area (Å²) in [4.78, 5) is 15.0. The second-order valence-corrected chi connectivity index (χ2v) is 8.78. The summed E-state index contributed by atoms with van der Waals surface area (Å²) in [5.74, 6) is -0.254.